The molecular formula is C20H20FN5O. The van der Waals surface area contributed by atoms with E-state index in [1.807, 2.05) is 22.6 Å². The van der Waals surface area contributed by atoms with Crippen molar-refractivity contribution in [2.75, 3.05) is 6.54 Å². The van der Waals surface area contributed by atoms with Crippen molar-refractivity contribution in [3.63, 3.8) is 0 Å². The van der Waals surface area contributed by atoms with Gasteiger partial charge in [-0.15, -0.1) is 0 Å². The molecule has 4 rings (SSSR count). The highest BCUT2D eigenvalue weighted by Crippen LogP contribution is 2.31. The van der Waals surface area contributed by atoms with Gasteiger partial charge in [0.2, 0.25) is 5.91 Å². The van der Waals surface area contributed by atoms with Gasteiger partial charge in [-0.3, -0.25) is 14.3 Å². The predicted molar refractivity (Wildman–Crippen MR) is 97.7 cm³/mol. The summed E-state index contributed by atoms with van der Waals surface area (Å²) in [6.45, 7) is 2.60. The summed E-state index contributed by atoms with van der Waals surface area (Å²) < 4.78 is 14.9. The van der Waals surface area contributed by atoms with Crippen LogP contribution in [0.5, 0.6) is 0 Å². The summed E-state index contributed by atoms with van der Waals surface area (Å²) in [5, 5.41) is 0. The van der Waals surface area contributed by atoms with E-state index in [-0.39, 0.29) is 24.2 Å². The van der Waals surface area contributed by atoms with Crippen LogP contribution in [0.1, 0.15) is 36.0 Å². The van der Waals surface area contributed by atoms with E-state index in [0.717, 1.165) is 29.9 Å². The molecule has 0 spiro atoms. The monoisotopic (exact) mass is 365 g/mol. The van der Waals surface area contributed by atoms with Gasteiger partial charge in [-0.1, -0.05) is 12.1 Å². The van der Waals surface area contributed by atoms with E-state index in [0.29, 0.717) is 12.4 Å². The van der Waals surface area contributed by atoms with Gasteiger partial charge >= 0.3 is 0 Å². The molecule has 0 radical (unpaired) electrons. The van der Waals surface area contributed by atoms with E-state index in [1.54, 1.807) is 30.7 Å². The second-order valence-electron chi connectivity index (χ2n) is 6.69. The zero-order chi connectivity index (χ0) is 18.8. The van der Waals surface area contributed by atoms with Crippen LogP contribution < -0.4 is 0 Å². The first-order chi connectivity index (χ1) is 13.1. The van der Waals surface area contributed by atoms with E-state index < -0.39 is 0 Å². The molecule has 1 aromatic carbocycles. The predicted octanol–water partition coefficient (Wildman–Crippen LogP) is 3.02. The summed E-state index contributed by atoms with van der Waals surface area (Å²) in [5.74, 6) is 1.25. The molecule has 0 unspecified atom stereocenters. The van der Waals surface area contributed by atoms with E-state index in [2.05, 4.69) is 9.97 Å². The van der Waals surface area contributed by atoms with Crippen LogP contribution in [0, 0.1) is 12.7 Å². The Hall–Kier alpha value is -3.09. The van der Waals surface area contributed by atoms with Gasteiger partial charge in [-0.05, 0) is 37.5 Å². The molecule has 2 aromatic heterocycles. The van der Waals surface area contributed by atoms with Gasteiger partial charge in [0.1, 0.15) is 11.6 Å². The lowest BCUT2D eigenvalue weighted by molar-refractivity contribution is -0.131. The quantitative estimate of drug-likeness (QED) is 0.713. The maximum absolute atomic E-state index is 13.1. The molecule has 1 amide bonds. The van der Waals surface area contributed by atoms with E-state index in [4.69, 9.17) is 4.98 Å². The van der Waals surface area contributed by atoms with Gasteiger partial charge in [-0.25, -0.2) is 14.4 Å². The van der Waals surface area contributed by atoms with Crippen LogP contribution >= 0.6 is 0 Å². The molecule has 1 aliphatic rings. The topological polar surface area (TPSA) is 63.9 Å². The fourth-order valence-electron chi connectivity index (χ4n) is 3.52. The summed E-state index contributed by atoms with van der Waals surface area (Å²) in [5.41, 5.74) is 1.59. The van der Waals surface area contributed by atoms with Crippen molar-refractivity contribution in [2.24, 2.45) is 0 Å². The Balaban J connectivity index is 1.55. The summed E-state index contributed by atoms with van der Waals surface area (Å²) in [6, 6.07) is 5.98. The zero-order valence-corrected chi connectivity index (χ0v) is 15.0. The minimum atomic E-state index is -0.299. The molecule has 27 heavy (non-hydrogen) atoms. The number of benzene rings is 1. The first kappa shape index (κ1) is 17.3. The number of hydrogen-bond donors (Lipinski definition) is 0. The minimum absolute atomic E-state index is 0.0233. The molecule has 0 bridgehead atoms. The van der Waals surface area contributed by atoms with Crippen LogP contribution in [0.15, 0.2) is 49.1 Å². The third-order valence-corrected chi connectivity index (χ3v) is 4.90. The minimum Gasteiger partial charge on any atom is -0.334 e. The van der Waals surface area contributed by atoms with Gasteiger partial charge in [0.15, 0.2) is 5.82 Å². The number of rotatable bonds is 4. The lowest BCUT2D eigenvalue weighted by Gasteiger charge is -2.24. The molecule has 1 aliphatic heterocycles. The van der Waals surface area contributed by atoms with Crippen LogP contribution in [0.4, 0.5) is 4.39 Å². The molecular weight excluding hydrogens is 345 g/mol. The fourth-order valence-corrected chi connectivity index (χ4v) is 3.52. The van der Waals surface area contributed by atoms with Crippen LogP contribution in [-0.2, 0) is 11.2 Å². The smallest absolute Gasteiger partial charge is 0.227 e. The van der Waals surface area contributed by atoms with E-state index in [1.165, 1.54) is 12.1 Å². The van der Waals surface area contributed by atoms with Crippen molar-refractivity contribution >= 4 is 5.91 Å². The highest BCUT2D eigenvalue weighted by atomic mass is 19.1. The Labute approximate surface area is 156 Å². The Morgan fingerprint density at radius 2 is 2.07 bits per heavy atom. The lowest BCUT2D eigenvalue weighted by Crippen LogP contribution is -2.32. The zero-order valence-electron chi connectivity index (χ0n) is 15.0. The maximum atomic E-state index is 13.1. The number of halogens is 1. The molecule has 6 nitrogen and oxygen atoms in total. The second kappa shape index (κ2) is 7.26. The number of aryl methyl sites for hydroxylation is 1. The highest BCUT2D eigenvalue weighted by molar-refractivity contribution is 5.79. The normalized spacial score (nSPS) is 16.7. The highest BCUT2D eigenvalue weighted by Gasteiger charge is 2.31. The summed E-state index contributed by atoms with van der Waals surface area (Å²) in [4.78, 5) is 27.9. The number of carbonyl (C=O) groups excluding carboxylic acids is 1. The van der Waals surface area contributed by atoms with Gasteiger partial charge in [0, 0.05) is 18.9 Å². The second-order valence-corrected chi connectivity index (χ2v) is 6.69. The van der Waals surface area contributed by atoms with E-state index in [9.17, 15) is 9.18 Å². The van der Waals surface area contributed by atoms with Crippen molar-refractivity contribution in [3.8, 4) is 5.82 Å². The van der Waals surface area contributed by atoms with Crippen molar-refractivity contribution < 1.29 is 9.18 Å². The first-order valence-electron chi connectivity index (χ1n) is 8.98. The molecule has 1 saturated heterocycles. The molecule has 3 heterocycles. The number of imidazole rings is 1. The number of hydrogen-bond acceptors (Lipinski definition) is 4. The molecule has 0 saturated carbocycles. The summed E-state index contributed by atoms with van der Waals surface area (Å²) in [7, 11) is 0. The maximum Gasteiger partial charge on any atom is 0.227 e. The van der Waals surface area contributed by atoms with Crippen molar-refractivity contribution in [1.29, 1.82) is 0 Å². The van der Waals surface area contributed by atoms with Crippen molar-refractivity contribution in [2.45, 2.75) is 32.2 Å². The van der Waals surface area contributed by atoms with Gasteiger partial charge in [-0.2, -0.15) is 0 Å². The average Bonchev–Trinajstić information content (AvgIpc) is 3.33. The third-order valence-electron chi connectivity index (χ3n) is 4.90. The number of nitrogens with zero attached hydrogens (tertiary/aromatic N) is 5. The van der Waals surface area contributed by atoms with Crippen molar-refractivity contribution in [1.82, 2.24) is 24.4 Å². The molecule has 1 atom stereocenters. The molecule has 138 valence electrons. The van der Waals surface area contributed by atoms with Crippen LogP contribution in [0.2, 0.25) is 0 Å². The number of carbonyl (C=O) groups is 1. The third kappa shape index (κ3) is 3.58. The van der Waals surface area contributed by atoms with Gasteiger partial charge < -0.3 is 4.90 Å². The average molecular weight is 365 g/mol. The molecule has 1 fully saturated rings. The molecule has 3 aromatic rings. The fraction of sp³-hybridized carbons (Fsp3) is 0.300. The molecule has 0 N–H and O–H groups in total. The van der Waals surface area contributed by atoms with Gasteiger partial charge in [0.25, 0.3) is 0 Å². The number of amides is 1. The largest absolute Gasteiger partial charge is 0.334 e. The van der Waals surface area contributed by atoms with Crippen LogP contribution in [0.25, 0.3) is 5.82 Å². The number of aromatic nitrogens is 4. The van der Waals surface area contributed by atoms with Crippen LogP contribution in [0.3, 0.4) is 0 Å². The SMILES string of the molecule is Cc1nccn1-c1cncc([C@H]2CCCN2C(=O)Cc2ccc(F)cc2)n1. The molecule has 0 aliphatic carbocycles. The Kier molecular flexibility index (Phi) is 4.66. The Morgan fingerprint density at radius 1 is 1.26 bits per heavy atom. The Bertz CT molecular complexity index is 953. The molecule has 7 heteroatoms. The number of likely N-dealkylation sites (tertiary alicyclic amines) is 1. The standard InChI is InChI=1S/C20H20FN5O/c1-14-23-8-10-25(14)19-13-22-12-17(24-19)18-3-2-9-26(18)20(27)11-15-4-6-16(21)7-5-15/h4-8,10,12-13,18H,2-3,9,11H2,1H3/t18-/m1/s1. The summed E-state index contributed by atoms with van der Waals surface area (Å²) in [6.07, 6.45) is 9.02. The first-order valence-corrected chi connectivity index (χ1v) is 8.98. The van der Waals surface area contributed by atoms with E-state index >= 15 is 0 Å². The lowest BCUT2D eigenvalue weighted by atomic mass is 10.1. The van der Waals surface area contributed by atoms with Crippen LogP contribution in [-0.4, -0.2) is 36.9 Å². The Morgan fingerprint density at radius 3 is 2.81 bits per heavy atom. The van der Waals surface area contributed by atoms with Crippen molar-refractivity contribution in [3.05, 3.63) is 72.0 Å². The summed E-state index contributed by atoms with van der Waals surface area (Å²) >= 11 is 0. The van der Waals surface area contributed by atoms with Gasteiger partial charge in [0.05, 0.1) is 30.6 Å².